The van der Waals surface area contributed by atoms with E-state index in [1.165, 1.54) is 0 Å². The number of aryl methyl sites for hydroxylation is 1. The summed E-state index contributed by atoms with van der Waals surface area (Å²) in [6.45, 7) is 0. The molecule has 0 saturated carbocycles. The minimum atomic E-state index is -0.831. The van der Waals surface area contributed by atoms with Gasteiger partial charge >= 0.3 is 17.8 Å². The van der Waals surface area contributed by atoms with E-state index in [-0.39, 0.29) is 6.04 Å². The molecule has 0 aromatic heterocycles. The molecule has 3 rings (SSSR count). The van der Waals surface area contributed by atoms with Gasteiger partial charge < -0.3 is 0 Å². The number of urea groups is 1. The van der Waals surface area contributed by atoms with Gasteiger partial charge in [0.15, 0.2) is 0 Å². The predicted molar refractivity (Wildman–Crippen MR) is 62.5 cm³/mol. The van der Waals surface area contributed by atoms with Crippen molar-refractivity contribution in [2.24, 2.45) is 0 Å². The fourth-order valence-electron chi connectivity index (χ4n) is 2.69. The third-order valence-electron chi connectivity index (χ3n) is 3.50. The number of fused-ring (bicyclic) bond motifs is 1. The highest BCUT2D eigenvalue weighted by atomic mass is 16.2. The maximum absolute atomic E-state index is 11.7. The molecular weight excluding hydrogens is 232 g/mol. The highest BCUT2D eigenvalue weighted by molar-refractivity contribution is 6.44. The Hall–Kier alpha value is -2.17. The van der Waals surface area contributed by atoms with Gasteiger partial charge in [0.2, 0.25) is 0 Å². The summed E-state index contributed by atoms with van der Waals surface area (Å²) in [5.74, 6) is -1.58. The zero-order valence-electron chi connectivity index (χ0n) is 9.68. The smallest absolute Gasteiger partial charge is 0.269 e. The fourth-order valence-corrected chi connectivity index (χ4v) is 2.69. The van der Waals surface area contributed by atoms with E-state index in [2.05, 4.69) is 0 Å². The first-order valence-corrected chi connectivity index (χ1v) is 5.95. The summed E-state index contributed by atoms with van der Waals surface area (Å²) in [7, 11) is 0. The molecule has 0 spiro atoms. The number of carbonyl (C=O) groups excluding carboxylic acids is 3. The van der Waals surface area contributed by atoms with Gasteiger partial charge in [-0.25, -0.2) is 9.69 Å². The Morgan fingerprint density at radius 3 is 2.67 bits per heavy atom. The molecule has 92 valence electrons. The van der Waals surface area contributed by atoms with Crippen molar-refractivity contribution < 1.29 is 14.4 Å². The van der Waals surface area contributed by atoms with Gasteiger partial charge in [-0.1, -0.05) is 24.3 Å². The highest BCUT2D eigenvalue weighted by Crippen LogP contribution is 2.35. The van der Waals surface area contributed by atoms with Crippen LogP contribution in [0.3, 0.4) is 0 Å². The van der Waals surface area contributed by atoms with Crippen molar-refractivity contribution in [1.29, 1.82) is 0 Å². The van der Waals surface area contributed by atoms with Crippen molar-refractivity contribution in [1.82, 2.24) is 10.2 Å². The zero-order valence-corrected chi connectivity index (χ0v) is 9.68. The van der Waals surface area contributed by atoms with Gasteiger partial charge in [-0.15, -0.1) is 0 Å². The monoisotopic (exact) mass is 244 g/mol. The Labute approximate surface area is 104 Å². The molecule has 5 nitrogen and oxygen atoms in total. The average Bonchev–Trinajstić information content (AvgIpc) is 2.63. The Balaban J connectivity index is 2.02. The van der Waals surface area contributed by atoms with Crippen LogP contribution in [0.25, 0.3) is 0 Å². The van der Waals surface area contributed by atoms with Gasteiger partial charge in [0.05, 0.1) is 6.04 Å². The lowest BCUT2D eigenvalue weighted by Gasteiger charge is -2.30. The van der Waals surface area contributed by atoms with Gasteiger partial charge in [-0.05, 0) is 30.4 Å². The number of nitrogens with one attached hydrogen (secondary N) is 1. The van der Waals surface area contributed by atoms with E-state index in [1.54, 1.807) is 0 Å². The number of rotatable bonds is 1. The molecule has 4 amide bonds. The standard InChI is InChI=1S/C13H12N2O3/c16-11-12(17)15(13(18)14-11)10-7-3-5-8-4-1-2-6-9(8)10/h1-2,4,6,10H,3,5,7H2,(H,14,16,18). The number of nitrogens with zero attached hydrogens (tertiary/aromatic N) is 1. The van der Waals surface area contributed by atoms with Crippen LogP contribution >= 0.6 is 0 Å². The van der Waals surface area contributed by atoms with Crippen molar-refractivity contribution in [3.63, 3.8) is 0 Å². The summed E-state index contributed by atoms with van der Waals surface area (Å²) in [6.07, 6.45) is 2.57. The first-order valence-electron chi connectivity index (χ1n) is 5.95. The third kappa shape index (κ3) is 1.51. The van der Waals surface area contributed by atoms with E-state index in [9.17, 15) is 14.4 Å². The lowest BCUT2D eigenvalue weighted by atomic mass is 9.87. The van der Waals surface area contributed by atoms with E-state index >= 15 is 0 Å². The van der Waals surface area contributed by atoms with Crippen LogP contribution in [0.5, 0.6) is 0 Å². The van der Waals surface area contributed by atoms with Crippen LogP contribution in [-0.4, -0.2) is 22.7 Å². The van der Waals surface area contributed by atoms with Crippen molar-refractivity contribution in [3.8, 4) is 0 Å². The van der Waals surface area contributed by atoms with Crippen molar-refractivity contribution in [3.05, 3.63) is 35.4 Å². The third-order valence-corrected chi connectivity index (χ3v) is 3.50. The normalized spacial score (nSPS) is 23.0. The quantitative estimate of drug-likeness (QED) is 0.595. The number of amides is 4. The number of imide groups is 2. The first kappa shape index (κ1) is 11.0. The van der Waals surface area contributed by atoms with Gasteiger partial charge in [-0.3, -0.25) is 14.9 Å². The molecule has 0 bridgehead atoms. The van der Waals surface area contributed by atoms with Crippen LogP contribution in [0.15, 0.2) is 24.3 Å². The molecule has 1 unspecified atom stereocenters. The predicted octanol–water partition coefficient (Wildman–Crippen LogP) is 1.14. The van der Waals surface area contributed by atoms with E-state index in [0.717, 1.165) is 28.9 Å². The maximum atomic E-state index is 11.7. The number of hydrogen-bond donors (Lipinski definition) is 1. The molecular formula is C13H12N2O3. The van der Waals surface area contributed by atoms with E-state index in [1.807, 2.05) is 29.6 Å². The Morgan fingerprint density at radius 1 is 1.17 bits per heavy atom. The van der Waals surface area contributed by atoms with Gasteiger partial charge in [0.1, 0.15) is 0 Å². The van der Waals surface area contributed by atoms with Crippen molar-refractivity contribution >= 4 is 17.8 Å². The molecule has 5 heteroatoms. The van der Waals surface area contributed by atoms with Crippen molar-refractivity contribution in [2.45, 2.75) is 25.3 Å². The minimum absolute atomic E-state index is 0.311. The molecule has 1 aromatic rings. The second-order valence-corrected chi connectivity index (χ2v) is 4.54. The summed E-state index contributed by atoms with van der Waals surface area (Å²) < 4.78 is 0. The van der Waals surface area contributed by atoms with Crippen LogP contribution in [-0.2, 0) is 16.0 Å². The number of carbonyl (C=O) groups is 3. The van der Waals surface area contributed by atoms with Crippen LogP contribution in [0.1, 0.15) is 30.0 Å². The van der Waals surface area contributed by atoms with Gasteiger partial charge in [-0.2, -0.15) is 0 Å². The Kier molecular flexibility index (Phi) is 2.40. The highest BCUT2D eigenvalue weighted by Gasteiger charge is 2.42. The Morgan fingerprint density at radius 2 is 1.94 bits per heavy atom. The van der Waals surface area contributed by atoms with E-state index in [4.69, 9.17) is 0 Å². The van der Waals surface area contributed by atoms with Crippen LogP contribution in [0.2, 0.25) is 0 Å². The fraction of sp³-hybridized carbons (Fsp3) is 0.308. The molecule has 1 heterocycles. The SMILES string of the molecule is O=C1NC(=O)N(C2CCCc3ccccc32)C1=O. The molecule has 1 aliphatic carbocycles. The Bertz CT molecular complexity index is 553. The molecule has 1 aromatic carbocycles. The van der Waals surface area contributed by atoms with E-state index < -0.39 is 17.8 Å². The topological polar surface area (TPSA) is 66.5 Å². The summed E-state index contributed by atoms with van der Waals surface area (Å²) in [6, 6.07) is 6.83. The zero-order chi connectivity index (χ0) is 12.7. The molecule has 1 N–H and O–H groups in total. The average molecular weight is 244 g/mol. The molecule has 1 saturated heterocycles. The summed E-state index contributed by atoms with van der Waals surface area (Å²) in [5.41, 5.74) is 2.12. The molecule has 2 aliphatic rings. The molecule has 1 atom stereocenters. The van der Waals surface area contributed by atoms with Gasteiger partial charge in [0.25, 0.3) is 0 Å². The second-order valence-electron chi connectivity index (χ2n) is 4.54. The number of hydrogen-bond acceptors (Lipinski definition) is 3. The molecule has 1 aliphatic heterocycles. The number of benzene rings is 1. The lowest BCUT2D eigenvalue weighted by molar-refractivity contribution is -0.141. The largest absolute Gasteiger partial charge is 0.332 e. The van der Waals surface area contributed by atoms with Crippen LogP contribution in [0.4, 0.5) is 4.79 Å². The maximum Gasteiger partial charge on any atom is 0.332 e. The van der Waals surface area contributed by atoms with Crippen molar-refractivity contribution in [2.75, 3.05) is 0 Å². The van der Waals surface area contributed by atoms with Gasteiger partial charge in [0, 0.05) is 0 Å². The van der Waals surface area contributed by atoms with Crippen LogP contribution in [0, 0.1) is 0 Å². The molecule has 0 radical (unpaired) electrons. The summed E-state index contributed by atoms with van der Waals surface area (Å²) in [5, 5.41) is 2.04. The summed E-state index contributed by atoms with van der Waals surface area (Å²) in [4.78, 5) is 35.7. The van der Waals surface area contributed by atoms with E-state index in [0.29, 0.717) is 6.42 Å². The summed E-state index contributed by atoms with van der Waals surface area (Å²) >= 11 is 0. The first-order chi connectivity index (χ1) is 8.68. The van der Waals surface area contributed by atoms with Crippen LogP contribution < -0.4 is 5.32 Å². The molecule has 1 fully saturated rings. The minimum Gasteiger partial charge on any atom is -0.269 e. The second kappa shape index (κ2) is 3.94. The lowest BCUT2D eigenvalue weighted by Crippen LogP contribution is -2.36. The molecule has 18 heavy (non-hydrogen) atoms.